The van der Waals surface area contributed by atoms with Crippen molar-refractivity contribution in [3.8, 4) is 0 Å². The highest BCUT2D eigenvalue weighted by molar-refractivity contribution is 5.85. The summed E-state index contributed by atoms with van der Waals surface area (Å²) in [6.45, 7) is 3.17. The summed E-state index contributed by atoms with van der Waals surface area (Å²) in [5.74, 6) is 0.794. The molecule has 2 aliphatic rings. The molecule has 0 radical (unpaired) electrons. The number of H-pyrrole nitrogens is 1. The lowest BCUT2D eigenvalue weighted by atomic mass is 9.78. The van der Waals surface area contributed by atoms with Gasteiger partial charge in [-0.05, 0) is 19.3 Å². The number of nitrogens with one attached hydrogen (secondary N) is 1. The van der Waals surface area contributed by atoms with Gasteiger partial charge < -0.3 is 19.1 Å². The van der Waals surface area contributed by atoms with Crippen molar-refractivity contribution in [2.75, 3.05) is 44.8 Å². The molecule has 4 rings (SSSR count). The number of carbonyl (C=O) groups is 1. The van der Waals surface area contributed by atoms with Gasteiger partial charge in [-0.1, -0.05) is 0 Å². The summed E-state index contributed by atoms with van der Waals surface area (Å²) in [5, 5.41) is 0. The Morgan fingerprint density at radius 3 is 2.68 bits per heavy atom. The number of hydrogen-bond acceptors (Lipinski definition) is 6. The van der Waals surface area contributed by atoms with Crippen LogP contribution in [0, 0.1) is 5.41 Å². The quantitative estimate of drug-likeness (QED) is 0.749. The minimum absolute atomic E-state index is 0.183. The number of methoxy groups -OCH3 is 1. The van der Waals surface area contributed by atoms with Gasteiger partial charge in [0.15, 0.2) is 11.2 Å². The summed E-state index contributed by atoms with van der Waals surface area (Å²) < 4.78 is 8.19. The van der Waals surface area contributed by atoms with Crippen LogP contribution in [0.2, 0.25) is 0 Å². The Labute approximate surface area is 161 Å². The van der Waals surface area contributed by atoms with Gasteiger partial charge in [-0.2, -0.15) is 4.98 Å². The normalized spacial score (nSPS) is 22.8. The van der Waals surface area contributed by atoms with Crippen molar-refractivity contribution < 1.29 is 9.53 Å². The smallest absolute Gasteiger partial charge is 0.329 e. The van der Waals surface area contributed by atoms with E-state index >= 15 is 0 Å². The first kappa shape index (κ1) is 18.7. The van der Waals surface area contributed by atoms with Gasteiger partial charge in [-0.15, -0.1) is 0 Å². The van der Waals surface area contributed by atoms with Gasteiger partial charge in [-0.25, -0.2) is 4.79 Å². The molecule has 28 heavy (non-hydrogen) atoms. The fourth-order valence-electron chi connectivity index (χ4n) is 4.57. The van der Waals surface area contributed by atoms with Crippen LogP contribution in [-0.2, 0) is 23.6 Å². The van der Waals surface area contributed by atoms with Crippen LogP contribution >= 0.6 is 0 Å². The van der Waals surface area contributed by atoms with E-state index in [0.717, 1.165) is 25.8 Å². The van der Waals surface area contributed by atoms with Gasteiger partial charge in [0.2, 0.25) is 11.9 Å². The highest BCUT2D eigenvalue weighted by atomic mass is 16.5. The first-order chi connectivity index (χ1) is 13.4. The summed E-state index contributed by atoms with van der Waals surface area (Å²) in [7, 11) is 4.99. The lowest BCUT2D eigenvalue weighted by molar-refractivity contribution is -0.145. The molecule has 0 aromatic carbocycles. The Balaban J connectivity index is 1.66. The van der Waals surface area contributed by atoms with Crippen LogP contribution in [0.4, 0.5) is 5.95 Å². The minimum atomic E-state index is -0.490. The van der Waals surface area contributed by atoms with Crippen molar-refractivity contribution in [3.05, 3.63) is 20.8 Å². The third-order valence-electron chi connectivity index (χ3n) is 6.14. The number of imidazole rings is 1. The van der Waals surface area contributed by atoms with E-state index in [1.165, 1.54) is 4.57 Å². The molecule has 0 saturated carbocycles. The van der Waals surface area contributed by atoms with E-state index in [1.54, 1.807) is 25.8 Å². The third kappa shape index (κ3) is 2.74. The summed E-state index contributed by atoms with van der Waals surface area (Å²) in [4.78, 5) is 48.2. The third-order valence-corrected chi connectivity index (χ3v) is 6.14. The van der Waals surface area contributed by atoms with Gasteiger partial charge in [0.25, 0.3) is 5.56 Å². The number of aryl methyl sites for hydroxylation is 2. The second kappa shape index (κ2) is 6.77. The SMILES string of the molecule is COCCN1CCC[C@@]2(CCN(c3nc4c(c(=O)[nH]c(=O)n4C)n3C)C2)C1=O. The summed E-state index contributed by atoms with van der Waals surface area (Å²) in [5.41, 5.74) is -0.648. The largest absolute Gasteiger partial charge is 0.383 e. The molecule has 2 aliphatic heterocycles. The minimum Gasteiger partial charge on any atom is -0.383 e. The molecule has 1 atom stereocenters. The van der Waals surface area contributed by atoms with Crippen molar-refractivity contribution in [1.29, 1.82) is 0 Å². The van der Waals surface area contributed by atoms with Gasteiger partial charge in [0.1, 0.15) is 0 Å². The van der Waals surface area contributed by atoms with E-state index in [0.29, 0.717) is 43.4 Å². The second-order valence-corrected chi connectivity index (χ2v) is 7.80. The standard InChI is InChI=1S/C18H26N6O4/c1-21-12-13(22(2)17(27)20-14(12)25)19-16(21)24-8-6-18(11-24)5-4-7-23(15(18)26)9-10-28-3/h4-11H2,1-3H3,(H,20,25,27)/t18-/m0/s1. The van der Waals surface area contributed by atoms with Gasteiger partial charge in [-0.3, -0.25) is 19.1 Å². The molecule has 152 valence electrons. The Morgan fingerprint density at radius 2 is 1.93 bits per heavy atom. The monoisotopic (exact) mass is 390 g/mol. The highest BCUT2D eigenvalue weighted by Crippen LogP contribution is 2.41. The lowest BCUT2D eigenvalue weighted by Gasteiger charge is -2.39. The molecule has 0 bridgehead atoms. The Bertz CT molecular complexity index is 1040. The van der Waals surface area contributed by atoms with Gasteiger partial charge in [0, 0.05) is 47.4 Å². The van der Waals surface area contributed by atoms with Crippen LogP contribution in [0.1, 0.15) is 19.3 Å². The molecule has 2 saturated heterocycles. The number of aromatic nitrogens is 4. The Morgan fingerprint density at radius 1 is 1.14 bits per heavy atom. The van der Waals surface area contributed by atoms with Gasteiger partial charge >= 0.3 is 5.69 Å². The fraction of sp³-hybridized carbons (Fsp3) is 0.667. The fourth-order valence-corrected chi connectivity index (χ4v) is 4.57. The summed E-state index contributed by atoms with van der Waals surface area (Å²) in [6.07, 6.45) is 2.59. The topological polar surface area (TPSA) is 105 Å². The number of aromatic amines is 1. The van der Waals surface area contributed by atoms with Crippen molar-refractivity contribution in [2.24, 2.45) is 19.5 Å². The number of amides is 1. The number of likely N-dealkylation sites (tertiary alicyclic amines) is 1. The first-order valence-electron chi connectivity index (χ1n) is 9.57. The van der Waals surface area contributed by atoms with E-state index in [1.807, 2.05) is 4.90 Å². The van der Waals surface area contributed by atoms with Crippen LogP contribution < -0.4 is 16.1 Å². The van der Waals surface area contributed by atoms with E-state index in [4.69, 9.17) is 4.74 Å². The second-order valence-electron chi connectivity index (χ2n) is 7.80. The van der Waals surface area contributed by atoms with Crippen molar-refractivity contribution in [2.45, 2.75) is 19.3 Å². The molecule has 10 heteroatoms. The summed E-state index contributed by atoms with van der Waals surface area (Å²) in [6, 6.07) is 0. The molecule has 2 aromatic heterocycles. The number of rotatable bonds is 4. The van der Waals surface area contributed by atoms with E-state index in [9.17, 15) is 14.4 Å². The molecule has 2 fully saturated rings. The zero-order valence-electron chi connectivity index (χ0n) is 16.5. The van der Waals surface area contributed by atoms with Crippen molar-refractivity contribution in [1.82, 2.24) is 24.0 Å². The van der Waals surface area contributed by atoms with Crippen molar-refractivity contribution >= 4 is 23.0 Å². The number of anilines is 1. The predicted octanol–water partition coefficient (Wildman–Crippen LogP) is -0.574. The van der Waals surface area contributed by atoms with E-state index in [2.05, 4.69) is 14.9 Å². The van der Waals surface area contributed by atoms with Gasteiger partial charge in [0.05, 0.1) is 12.0 Å². The van der Waals surface area contributed by atoms with E-state index < -0.39 is 16.7 Å². The average Bonchev–Trinajstić information content (AvgIpc) is 3.24. The number of hydrogen-bond donors (Lipinski definition) is 1. The van der Waals surface area contributed by atoms with E-state index in [-0.39, 0.29) is 5.91 Å². The number of nitrogens with zero attached hydrogens (tertiary/aromatic N) is 5. The highest BCUT2D eigenvalue weighted by Gasteiger charge is 2.49. The molecule has 1 amide bonds. The maximum absolute atomic E-state index is 13.2. The van der Waals surface area contributed by atoms with Crippen molar-refractivity contribution in [3.63, 3.8) is 0 Å². The molecule has 4 heterocycles. The number of fused-ring (bicyclic) bond motifs is 1. The zero-order chi connectivity index (χ0) is 20.1. The molecule has 2 aromatic rings. The van der Waals surface area contributed by atoms with Crippen LogP contribution in [-0.4, -0.2) is 69.8 Å². The maximum Gasteiger partial charge on any atom is 0.329 e. The maximum atomic E-state index is 13.2. The van der Waals surface area contributed by atoms with Crippen LogP contribution in [0.25, 0.3) is 11.2 Å². The first-order valence-corrected chi connectivity index (χ1v) is 9.57. The predicted molar refractivity (Wildman–Crippen MR) is 104 cm³/mol. The molecule has 0 unspecified atom stereocenters. The zero-order valence-corrected chi connectivity index (χ0v) is 16.5. The summed E-state index contributed by atoms with van der Waals surface area (Å²) >= 11 is 0. The van der Waals surface area contributed by atoms with Crippen LogP contribution in [0.3, 0.4) is 0 Å². The number of carbonyl (C=O) groups excluding carboxylic acids is 1. The molecular weight excluding hydrogens is 364 g/mol. The molecular formula is C18H26N6O4. The average molecular weight is 390 g/mol. The van der Waals surface area contributed by atoms with Crippen LogP contribution in [0.15, 0.2) is 9.59 Å². The Hall–Kier alpha value is -2.62. The van der Waals surface area contributed by atoms with Crippen LogP contribution in [0.5, 0.6) is 0 Å². The molecule has 1 N–H and O–H groups in total. The number of ether oxygens (including phenoxy) is 1. The Kier molecular flexibility index (Phi) is 4.53. The lowest BCUT2D eigenvalue weighted by Crippen LogP contribution is -2.51. The molecule has 10 nitrogen and oxygen atoms in total. The number of piperidine rings is 1. The molecule has 0 aliphatic carbocycles. The molecule has 1 spiro atoms.